The second-order valence-electron chi connectivity index (χ2n) is 5.77. The summed E-state index contributed by atoms with van der Waals surface area (Å²) in [5, 5.41) is 18.3. The number of ether oxygens (including phenoxy) is 2. The first kappa shape index (κ1) is 20.7. The van der Waals surface area contributed by atoms with Gasteiger partial charge in [-0.15, -0.1) is 0 Å². The number of methoxy groups -OCH3 is 1. The Kier molecular flexibility index (Phi) is 6.23. The lowest BCUT2D eigenvalue weighted by Gasteiger charge is -2.12. The minimum Gasteiger partial charge on any atom is -0.477 e. The molecule has 1 aromatic heterocycles. The molecule has 0 saturated heterocycles. The van der Waals surface area contributed by atoms with Gasteiger partial charge in [0.05, 0.1) is 29.0 Å². The van der Waals surface area contributed by atoms with Gasteiger partial charge in [0.15, 0.2) is 12.4 Å². The molecule has 0 aliphatic rings. The fraction of sp³-hybridized carbons (Fsp3) is 0.111. The minimum absolute atomic E-state index is 0.0163. The second kappa shape index (κ2) is 9.01. The standard InChI is InChI=1S/C18H14ClN5O6/c1-29-18(26)11-2-5-16(15(6-11)24(27)28)30-8-17(25)22-13-7-12(19)3-4-14(13)23-10-20-9-21-23/h2-7,9-10H,8H2,1H3,(H,22,25). The van der Waals surface area contributed by atoms with Crippen LogP contribution in [0.1, 0.15) is 10.4 Å². The minimum atomic E-state index is -0.732. The zero-order chi connectivity index (χ0) is 21.7. The number of hydrogen-bond acceptors (Lipinski definition) is 8. The zero-order valence-electron chi connectivity index (χ0n) is 15.4. The number of nitrogens with zero attached hydrogens (tertiary/aromatic N) is 4. The summed E-state index contributed by atoms with van der Waals surface area (Å²) in [6.45, 7) is -0.526. The zero-order valence-corrected chi connectivity index (χ0v) is 16.2. The molecule has 0 unspecified atom stereocenters. The summed E-state index contributed by atoms with van der Waals surface area (Å²) in [6, 6.07) is 8.31. The van der Waals surface area contributed by atoms with Crippen LogP contribution in [0, 0.1) is 10.1 Å². The number of halogens is 1. The SMILES string of the molecule is COC(=O)c1ccc(OCC(=O)Nc2cc(Cl)ccc2-n2cncn2)c([N+](=O)[O-])c1. The third-order valence-corrected chi connectivity index (χ3v) is 4.07. The van der Waals surface area contributed by atoms with Gasteiger partial charge in [0, 0.05) is 11.1 Å². The van der Waals surface area contributed by atoms with E-state index >= 15 is 0 Å². The van der Waals surface area contributed by atoms with E-state index in [9.17, 15) is 19.7 Å². The van der Waals surface area contributed by atoms with Crippen molar-refractivity contribution in [3.63, 3.8) is 0 Å². The van der Waals surface area contributed by atoms with Gasteiger partial charge in [-0.05, 0) is 30.3 Å². The van der Waals surface area contributed by atoms with Crippen LogP contribution in [-0.4, -0.2) is 45.3 Å². The summed E-state index contributed by atoms with van der Waals surface area (Å²) in [5.74, 6) is -1.50. The maximum absolute atomic E-state index is 12.4. The van der Waals surface area contributed by atoms with E-state index in [4.69, 9.17) is 16.3 Å². The van der Waals surface area contributed by atoms with Gasteiger partial charge in [0.25, 0.3) is 5.91 Å². The first-order chi connectivity index (χ1) is 14.4. The molecule has 11 nitrogen and oxygen atoms in total. The average Bonchev–Trinajstić information content (AvgIpc) is 3.26. The van der Waals surface area contributed by atoms with Gasteiger partial charge in [-0.3, -0.25) is 14.9 Å². The van der Waals surface area contributed by atoms with Gasteiger partial charge in [-0.25, -0.2) is 14.5 Å². The number of benzene rings is 2. The van der Waals surface area contributed by atoms with Gasteiger partial charge >= 0.3 is 11.7 Å². The molecule has 0 bridgehead atoms. The fourth-order valence-corrected chi connectivity index (χ4v) is 2.67. The molecule has 3 aromatic rings. The van der Waals surface area contributed by atoms with E-state index in [2.05, 4.69) is 20.1 Å². The van der Waals surface area contributed by atoms with Crippen molar-refractivity contribution in [2.24, 2.45) is 0 Å². The summed E-state index contributed by atoms with van der Waals surface area (Å²) in [7, 11) is 1.16. The van der Waals surface area contributed by atoms with Crippen LogP contribution < -0.4 is 10.1 Å². The molecule has 1 N–H and O–H groups in total. The summed E-state index contributed by atoms with van der Waals surface area (Å²) >= 11 is 6.00. The van der Waals surface area contributed by atoms with Crippen molar-refractivity contribution < 1.29 is 24.0 Å². The Morgan fingerprint density at radius 3 is 2.73 bits per heavy atom. The van der Waals surface area contributed by atoms with Crippen LogP contribution in [0.2, 0.25) is 5.02 Å². The molecule has 0 saturated carbocycles. The number of nitro benzene ring substituents is 1. The molecule has 0 spiro atoms. The lowest BCUT2D eigenvalue weighted by Crippen LogP contribution is -2.21. The first-order valence-electron chi connectivity index (χ1n) is 8.33. The second-order valence-corrected chi connectivity index (χ2v) is 6.21. The van der Waals surface area contributed by atoms with Crippen LogP contribution >= 0.6 is 11.6 Å². The topological polar surface area (TPSA) is 138 Å². The average molecular weight is 432 g/mol. The quantitative estimate of drug-likeness (QED) is 0.342. The molecule has 0 atom stereocenters. The molecule has 1 heterocycles. The number of hydrogen-bond donors (Lipinski definition) is 1. The molecule has 30 heavy (non-hydrogen) atoms. The van der Waals surface area contributed by atoms with E-state index in [1.54, 1.807) is 12.1 Å². The highest BCUT2D eigenvalue weighted by atomic mass is 35.5. The summed E-state index contributed by atoms with van der Waals surface area (Å²) in [5.41, 5.74) is 0.366. The largest absolute Gasteiger partial charge is 0.477 e. The van der Waals surface area contributed by atoms with Crippen LogP contribution in [0.25, 0.3) is 5.69 Å². The predicted molar refractivity (Wildman–Crippen MR) is 105 cm³/mol. The number of nitrogens with one attached hydrogen (secondary N) is 1. The van der Waals surface area contributed by atoms with Gasteiger partial charge < -0.3 is 14.8 Å². The molecular formula is C18H14ClN5O6. The Hall–Kier alpha value is -3.99. The Morgan fingerprint density at radius 1 is 1.27 bits per heavy atom. The van der Waals surface area contributed by atoms with Crippen LogP contribution in [0.3, 0.4) is 0 Å². The first-order valence-corrected chi connectivity index (χ1v) is 8.71. The third-order valence-electron chi connectivity index (χ3n) is 3.83. The monoisotopic (exact) mass is 431 g/mol. The van der Waals surface area contributed by atoms with E-state index < -0.39 is 29.1 Å². The summed E-state index contributed by atoms with van der Waals surface area (Å²) in [6.07, 6.45) is 2.78. The van der Waals surface area contributed by atoms with Gasteiger partial charge in [0.1, 0.15) is 12.7 Å². The molecule has 0 fully saturated rings. The normalized spacial score (nSPS) is 10.3. The Bertz CT molecular complexity index is 1100. The number of esters is 1. The number of anilines is 1. The van der Waals surface area contributed by atoms with Crippen molar-refractivity contribution in [1.29, 1.82) is 0 Å². The smallest absolute Gasteiger partial charge is 0.338 e. The molecular weight excluding hydrogens is 418 g/mol. The predicted octanol–water partition coefficient (Wildman–Crippen LogP) is 2.63. The van der Waals surface area contributed by atoms with Crippen molar-refractivity contribution in [3.05, 3.63) is 69.8 Å². The number of aromatic nitrogens is 3. The number of carbonyl (C=O) groups is 2. The lowest BCUT2D eigenvalue weighted by molar-refractivity contribution is -0.385. The van der Waals surface area contributed by atoms with Crippen LogP contribution in [0.15, 0.2) is 49.1 Å². The van der Waals surface area contributed by atoms with Crippen molar-refractivity contribution in [3.8, 4) is 11.4 Å². The highest BCUT2D eigenvalue weighted by molar-refractivity contribution is 6.31. The third kappa shape index (κ3) is 4.70. The molecule has 12 heteroatoms. The molecule has 1 amide bonds. The van der Waals surface area contributed by atoms with Crippen molar-refractivity contribution in [2.75, 3.05) is 19.0 Å². The highest BCUT2D eigenvalue weighted by Crippen LogP contribution is 2.29. The molecule has 0 aliphatic heterocycles. The Morgan fingerprint density at radius 2 is 2.07 bits per heavy atom. The maximum atomic E-state index is 12.4. The number of amides is 1. The van der Waals surface area contributed by atoms with E-state index in [0.717, 1.165) is 13.2 Å². The van der Waals surface area contributed by atoms with Gasteiger partial charge in [-0.1, -0.05) is 11.6 Å². The summed E-state index contributed by atoms with van der Waals surface area (Å²) in [4.78, 5) is 38.3. The van der Waals surface area contributed by atoms with Crippen molar-refractivity contribution in [1.82, 2.24) is 14.8 Å². The van der Waals surface area contributed by atoms with E-state index in [-0.39, 0.29) is 11.3 Å². The maximum Gasteiger partial charge on any atom is 0.338 e. The Labute approximate surface area is 174 Å². The van der Waals surface area contributed by atoms with Crippen LogP contribution in [0.4, 0.5) is 11.4 Å². The molecule has 0 aliphatic carbocycles. The van der Waals surface area contributed by atoms with E-state index in [1.807, 2.05) is 0 Å². The van der Waals surface area contributed by atoms with Crippen LogP contribution in [0.5, 0.6) is 5.75 Å². The lowest BCUT2D eigenvalue weighted by atomic mass is 10.2. The highest BCUT2D eigenvalue weighted by Gasteiger charge is 2.20. The molecule has 154 valence electrons. The number of carbonyl (C=O) groups excluding carboxylic acids is 2. The van der Waals surface area contributed by atoms with Gasteiger partial charge in [-0.2, -0.15) is 5.10 Å². The number of rotatable bonds is 7. The number of nitro groups is 1. The van der Waals surface area contributed by atoms with Crippen LogP contribution in [-0.2, 0) is 9.53 Å². The molecule has 0 radical (unpaired) electrons. The van der Waals surface area contributed by atoms with Crippen molar-refractivity contribution in [2.45, 2.75) is 0 Å². The molecule has 2 aromatic carbocycles. The fourth-order valence-electron chi connectivity index (χ4n) is 2.50. The van der Waals surface area contributed by atoms with E-state index in [0.29, 0.717) is 16.4 Å². The van der Waals surface area contributed by atoms with E-state index in [1.165, 1.54) is 35.5 Å². The summed E-state index contributed by atoms with van der Waals surface area (Å²) < 4.78 is 11.3. The molecule has 3 rings (SSSR count). The van der Waals surface area contributed by atoms with Crippen molar-refractivity contribution >= 4 is 34.9 Å². The Balaban J connectivity index is 1.75. The van der Waals surface area contributed by atoms with Gasteiger partial charge in [0.2, 0.25) is 0 Å².